The molecule has 1 amide bonds. The topological polar surface area (TPSA) is 76.6 Å². The molecular formula is C26H30N4O3. The maximum absolute atomic E-state index is 12.4. The van der Waals surface area contributed by atoms with E-state index in [0.29, 0.717) is 17.2 Å². The molecule has 2 heterocycles. The molecule has 0 atom stereocenters. The van der Waals surface area contributed by atoms with Crippen LogP contribution in [0.5, 0.6) is 11.5 Å². The summed E-state index contributed by atoms with van der Waals surface area (Å²) in [5, 5.41) is 11.7. The summed E-state index contributed by atoms with van der Waals surface area (Å²) in [6.45, 7) is 6.19. The van der Waals surface area contributed by atoms with Gasteiger partial charge < -0.3 is 19.7 Å². The Morgan fingerprint density at radius 2 is 1.88 bits per heavy atom. The maximum Gasteiger partial charge on any atom is 0.262 e. The number of rotatable bonds is 7. The van der Waals surface area contributed by atoms with Crippen LogP contribution in [-0.4, -0.2) is 42.9 Å². The number of hydrogen-bond acceptors (Lipinski definition) is 6. The van der Waals surface area contributed by atoms with Crippen LogP contribution in [0, 0.1) is 12.8 Å². The summed E-state index contributed by atoms with van der Waals surface area (Å²) in [5.41, 5.74) is 3.39. The molecule has 1 aromatic heterocycles. The molecule has 7 nitrogen and oxygen atoms in total. The molecule has 3 aromatic rings. The molecule has 33 heavy (non-hydrogen) atoms. The van der Waals surface area contributed by atoms with Gasteiger partial charge in [0.15, 0.2) is 23.9 Å². The van der Waals surface area contributed by atoms with Gasteiger partial charge in [0.1, 0.15) is 0 Å². The number of aryl methyl sites for hydroxylation is 1. The van der Waals surface area contributed by atoms with Crippen molar-refractivity contribution in [1.29, 1.82) is 0 Å². The van der Waals surface area contributed by atoms with Crippen LogP contribution < -0.4 is 19.7 Å². The van der Waals surface area contributed by atoms with E-state index in [1.54, 1.807) is 13.2 Å². The number of carbonyl (C=O) groups is 1. The van der Waals surface area contributed by atoms with Gasteiger partial charge >= 0.3 is 0 Å². The lowest BCUT2D eigenvalue weighted by molar-refractivity contribution is -0.118. The summed E-state index contributed by atoms with van der Waals surface area (Å²) in [4.78, 5) is 14.7. The van der Waals surface area contributed by atoms with Crippen LogP contribution in [0.25, 0.3) is 11.3 Å². The fourth-order valence-electron chi connectivity index (χ4n) is 3.88. The average Bonchev–Trinajstić information content (AvgIpc) is 2.84. The molecule has 4 rings (SSSR count). The van der Waals surface area contributed by atoms with Crippen molar-refractivity contribution in [2.24, 2.45) is 5.92 Å². The number of anilines is 2. The molecule has 2 aromatic carbocycles. The molecule has 1 N–H and O–H groups in total. The van der Waals surface area contributed by atoms with Gasteiger partial charge in [0.05, 0.1) is 12.8 Å². The van der Waals surface area contributed by atoms with Crippen molar-refractivity contribution < 1.29 is 14.3 Å². The smallest absolute Gasteiger partial charge is 0.262 e. The Kier molecular flexibility index (Phi) is 7.07. The van der Waals surface area contributed by atoms with E-state index in [4.69, 9.17) is 9.47 Å². The fourth-order valence-corrected chi connectivity index (χ4v) is 3.88. The molecule has 0 spiro atoms. The SMILES string of the molecule is COc1cc(C)ccc1OCC(=O)Nc1cccc(-c2ccc(N3CCC(C)CC3)nn2)c1. The molecule has 1 aliphatic heterocycles. The predicted octanol–water partition coefficient (Wildman–Crippen LogP) is 4.71. The first kappa shape index (κ1) is 22.6. The van der Waals surface area contributed by atoms with Gasteiger partial charge in [-0.15, -0.1) is 10.2 Å². The van der Waals surface area contributed by atoms with E-state index in [2.05, 4.69) is 27.3 Å². The highest BCUT2D eigenvalue weighted by molar-refractivity contribution is 5.92. The third-order valence-corrected chi connectivity index (χ3v) is 5.88. The second-order valence-electron chi connectivity index (χ2n) is 8.52. The van der Waals surface area contributed by atoms with Gasteiger partial charge in [-0.1, -0.05) is 25.1 Å². The van der Waals surface area contributed by atoms with E-state index in [0.717, 1.165) is 41.6 Å². The molecule has 0 bridgehead atoms. The highest BCUT2D eigenvalue weighted by Crippen LogP contribution is 2.28. The molecule has 7 heteroatoms. The second kappa shape index (κ2) is 10.3. The number of methoxy groups -OCH3 is 1. The van der Waals surface area contributed by atoms with Gasteiger partial charge in [0, 0.05) is 24.3 Å². The first-order chi connectivity index (χ1) is 16.0. The first-order valence-corrected chi connectivity index (χ1v) is 11.3. The Morgan fingerprint density at radius 3 is 2.61 bits per heavy atom. The Bertz CT molecular complexity index is 1090. The third kappa shape index (κ3) is 5.80. The largest absolute Gasteiger partial charge is 0.493 e. The van der Waals surface area contributed by atoms with Gasteiger partial charge in [-0.05, 0) is 67.6 Å². The number of nitrogens with one attached hydrogen (secondary N) is 1. The molecule has 172 valence electrons. The van der Waals surface area contributed by atoms with Crippen LogP contribution in [-0.2, 0) is 4.79 Å². The molecular weight excluding hydrogens is 416 g/mol. The van der Waals surface area contributed by atoms with Gasteiger partial charge in [-0.2, -0.15) is 0 Å². The number of amides is 1. The van der Waals surface area contributed by atoms with Crippen molar-refractivity contribution in [1.82, 2.24) is 10.2 Å². The Hall–Kier alpha value is -3.61. The molecule has 1 saturated heterocycles. The van der Waals surface area contributed by atoms with Gasteiger partial charge in [-0.3, -0.25) is 4.79 Å². The van der Waals surface area contributed by atoms with Gasteiger partial charge in [0.25, 0.3) is 5.91 Å². The Labute approximate surface area is 194 Å². The van der Waals surface area contributed by atoms with Crippen LogP contribution in [0.3, 0.4) is 0 Å². The second-order valence-corrected chi connectivity index (χ2v) is 8.52. The van der Waals surface area contributed by atoms with Gasteiger partial charge in [-0.25, -0.2) is 0 Å². The number of nitrogens with zero attached hydrogens (tertiary/aromatic N) is 3. The van der Waals surface area contributed by atoms with Crippen molar-refractivity contribution >= 4 is 17.4 Å². The first-order valence-electron chi connectivity index (χ1n) is 11.3. The minimum absolute atomic E-state index is 0.118. The normalized spacial score (nSPS) is 14.1. The molecule has 0 saturated carbocycles. The predicted molar refractivity (Wildman–Crippen MR) is 130 cm³/mol. The highest BCUT2D eigenvalue weighted by atomic mass is 16.5. The summed E-state index contributed by atoms with van der Waals surface area (Å²) < 4.78 is 11.0. The fraction of sp³-hybridized carbons (Fsp3) is 0.346. The number of aromatic nitrogens is 2. The van der Waals surface area contributed by atoms with Crippen LogP contribution in [0.1, 0.15) is 25.3 Å². The number of hydrogen-bond donors (Lipinski definition) is 1. The van der Waals surface area contributed by atoms with E-state index in [1.807, 2.05) is 55.5 Å². The van der Waals surface area contributed by atoms with Crippen molar-refractivity contribution in [2.45, 2.75) is 26.7 Å². The number of ether oxygens (including phenoxy) is 2. The van der Waals surface area contributed by atoms with Crippen molar-refractivity contribution in [2.75, 3.05) is 37.0 Å². The maximum atomic E-state index is 12.4. The zero-order valence-electron chi connectivity index (χ0n) is 19.4. The zero-order chi connectivity index (χ0) is 23.2. The lowest BCUT2D eigenvalue weighted by atomic mass is 9.99. The van der Waals surface area contributed by atoms with Crippen LogP contribution in [0.4, 0.5) is 11.5 Å². The molecule has 0 aliphatic carbocycles. The lowest BCUT2D eigenvalue weighted by Gasteiger charge is -2.30. The van der Waals surface area contributed by atoms with E-state index in [1.165, 1.54) is 12.8 Å². The zero-order valence-corrected chi connectivity index (χ0v) is 19.4. The lowest BCUT2D eigenvalue weighted by Crippen LogP contribution is -2.33. The highest BCUT2D eigenvalue weighted by Gasteiger charge is 2.17. The summed E-state index contributed by atoms with van der Waals surface area (Å²) >= 11 is 0. The Balaban J connectivity index is 1.37. The van der Waals surface area contributed by atoms with E-state index >= 15 is 0 Å². The van der Waals surface area contributed by atoms with Crippen molar-refractivity contribution in [3.05, 3.63) is 60.2 Å². The van der Waals surface area contributed by atoms with E-state index in [-0.39, 0.29) is 12.5 Å². The molecule has 1 aliphatic rings. The monoisotopic (exact) mass is 446 g/mol. The van der Waals surface area contributed by atoms with Crippen LogP contribution in [0.2, 0.25) is 0 Å². The number of benzene rings is 2. The summed E-state index contributed by atoms with van der Waals surface area (Å²) in [6, 6.07) is 17.1. The van der Waals surface area contributed by atoms with E-state index < -0.39 is 0 Å². The van der Waals surface area contributed by atoms with Crippen LogP contribution in [0.15, 0.2) is 54.6 Å². The van der Waals surface area contributed by atoms with Crippen molar-refractivity contribution in [3.8, 4) is 22.8 Å². The third-order valence-electron chi connectivity index (χ3n) is 5.88. The number of piperidine rings is 1. The summed E-state index contributed by atoms with van der Waals surface area (Å²) in [6.07, 6.45) is 2.37. The Morgan fingerprint density at radius 1 is 1.06 bits per heavy atom. The standard InChI is InChI=1S/C26H30N4O3/c1-18-11-13-30(14-12-18)25-10-8-22(28-29-25)20-5-4-6-21(16-20)27-26(31)17-33-23-9-7-19(2)15-24(23)32-3/h4-10,15-16,18H,11-14,17H2,1-3H3,(H,27,31). The molecule has 0 radical (unpaired) electrons. The van der Waals surface area contributed by atoms with Gasteiger partial charge in [0.2, 0.25) is 0 Å². The minimum atomic E-state index is -0.254. The van der Waals surface area contributed by atoms with Crippen LogP contribution >= 0.6 is 0 Å². The summed E-state index contributed by atoms with van der Waals surface area (Å²) in [5.74, 6) is 2.57. The average molecular weight is 447 g/mol. The van der Waals surface area contributed by atoms with E-state index in [9.17, 15) is 4.79 Å². The quantitative estimate of drug-likeness (QED) is 0.566. The minimum Gasteiger partial charge on any atom is -0.493 e. The molecule has 0 unspecified atom stereocenters. The van der Waals surface area contributed by atoms with Crippen molar-refractivity contribution in [3.63, 3.8) is 0 Å². The number of carbonyl (C=O) groups excluding carboxylic acids is 1. The molecule has 1 fully saturated rings. The summed E-state index contributed by atoms with van der Waals surface area (Å²) in [7, 11) is 1.58.